The number of nitrogens with zero attached hydrogens (tertiary/aromatic N) is 4. The van der Waals surface area contributed by atoms with Crippen LogP contribution in [0.3, 0.4) is 0 Å². The van der Waals surface area contributed by atoms with Gasteiger partial charge in [0.2, 0.25) is 0 Å². The van der Waals surface area contributed by atoms with Crippen molar-refractivity contribution in [1.82, 2.24) is 38.2 Å². The molecule has 0 amide bonds. The van der Waals surface area contributed by atoms with Crippen LogP contribution in [0.25, 0.3) is 0 Å². The predicted molar refractivity (Wildman–Crippen MR) is 380 cm³/mol. The Morgan fingerprint density at radius 2 is 0.539 bits per heavy atom. The maximum atomic E-state index is 15.5. The monoisotopic (exact) mass is 2110 g/mol. The molecule has 4 saturated heterocycles. The Balaban J connectivity index is 0.000000316. The Morgan fingerprint density at radius 3 is 0.805 bits per heavy atom. The summed E-state index contributed by atoms with van der Waals surface area (Å²) in [5.41, 5.74) is -12.2. The highest BCUT2D eigenvalue weighted by Crippen LogP contribution is 2.70. The summed E-state index contributed by atoms with van der Waals surface area (Å²) in [6.07, 6.45) is -10.6. The molecule has 0 saturated carbocycles. The van der Waals surface area contributed by atoms with Crippen LogP contribution >= 0.6 is 93.9 Å². The molecule has 84 heteroatoms. The summed E-state index contributed by atoms with van der Waals surface area (Å²) >= 11 is 0. The zero-order valence-electron chi connectivity index (χ0n) is 65.9. The topological polar surface area (TPSA) is 1060 Å². The minimum absolute atomic E-state index is 0.0697. The number of aromatic nitrogens is 8. The van der Waals surface area contributed by atoms with Crippen LogP contribution in [0.5, 0.6) is 0 Å². The van der Waals surface area contributed by atoms with Crippen LogP contribution < -0.4 is 45.0 Å². The Morgan fingerprint density at radius 1 is 0.336 bits per heavy atom. The van der Waals surface area contributed by atoms with E-state index < -0.39 is 285 Å². The van der Waals surface area contributed by atoms with Gasteiger partial charge in [-0.05, 0) is 0 Å². The molecule has 68 nitrogen and oxygen atoms in total. The number of rotatable bonds is 32. The zero-order chi connectivity index (χ0) is 104. The van der Waals surface area contributed by atoms with Gasteiger partial charge in [0.15, 0.2) is 24.9 Å². The van der Waals surface area contributed by atoms with Crippen molar-refractivity contribution >= 4 is 93.9 Å². The van der Waals surface area contributed by atoms with Crippen LogP contribution in [0, 0.1) is 49.4 Å². The first kappa shape index (κ1) is 102. The third-order valence-electron chi connectivity index (χ3n) is 13.7. The molecular formula is C44H56F4N8O60P12. The van der Waals surface area contributed by atoms with E-state index in [4.69, 9.17) is 97.4 Å². The van der Waals surface area contributed by atoms with Crippen LogP contribution in [0.1, 0.15) is 55.3 Å². The van der Waals surface area contributed by atoms with E-state index in [1.54, 1.807) is 25.9 Å². The molecule has 4 fully saturated rings. The number of ether oxygens (including phenoxy) is 4. The minimum atomic E-state index is -6.38. The van der Waals surface area contributed by atoms with Gasteiger partial charge < -0.3 is 138 Å². The van der Waals surface area contributed by atoms with Gasteiger partial charge >= 0.3 is 117 Å². The molecule has 24 atom stereocenters. The molecule has 4 aromatic heterocycles. The molecule has 8 heterocycles. The van der Waals surface area contributed by atoms with Crippen molar-refractivity contribution in [1.29, 1.82) is 0 Å². The molecule has 0 bridgehead atoms. The fourth-order valence-corrected chi connectivity index (χ4v) is 20.6. The molecule has 128 heavy (non-hydrogen) atoms. The molecule has 8 unspecified atom stereocenters. The normalized spacial score (nSPS) is 31.8. The van der Waals surface area contributed by atoms with Gasteiger partial charge in [-0.2, -0.15) is 34.5 Å². The van der Waals surface area contributed by atoms with Crippen molar-refractivity contribution in [3.63, 3.8) is 0 Å². The Labute approximate surface area is 704 Å². The zero-order valence-corrected chi connectivity index (χ0v) is 70.6. The Kier molecular flexibility index (Phi) is 32.8. The fourth-order valence-electron chi connectivity index (χ4n) is 8.75. The van der Waals surface area contributed by atoms with Crippen LogP contribution in [0.15, 0.2) is 63.1 Å². The van der Waals surface area contributed by atoms with Crippen molar-refractivity contribution in [3.8, 4) is 49.4 Å². The number of aliphatic hydroxyl groups excluding tert-OH is 8. The lowest BCUT2D eigenvalue weighted by Gasteiger charge is -2.24. The van der Waals surface area contributed by atoms with E-state index in [0.717, 1.165) is 0 Å². The van der Waals surface area contributed by atoms with Gasteiger partial charge in [0, 0.05) is 24.8 Å². The maximum Gasteiger partial charge on any atom is 0.490 e. The molecule has 0 radical (unpaired) electrons. The summed E-state index contributed by atoms with van der Waals surface area (Å²) < 4.78 is 303. The number of alkyl halides is 4. The predicted octanol–water partition coefficient (Wildman–Crippen LogP) is -8.89. The molecule has 4 aliphatic heterocycles. The van der Waals surface area contributed by atoms with Crippen LogP contribution in [0.4, 0.5) is 17.6 Å². The standard InChI is InChI=1S/4C11H14FN2O15P3/c4*1-2-5-3-14(10(18)13-8(5)17)9-6(15)7(16)11(12,27-9)4-26-31(22,23)29-32(24,25)28-30(19,20)21/h4*1,3,6-7,9,15-16H,4H2,(H,22,23)(H,24,25)(H,13,17,18)(H2,19,20,21)/t4*6-,7+,9-,11-/m1111/s1/i4D2,9D;9D;4D2;. The van der Waals surface area contributed by atoms with Gasteiger partial charge in [0.1, 0.15) is 97.4 Å². The van der Waals surface area contributed by atoms with E-state index in [1.165, 1.54) is 0 Å². The molecule has 28 N–H and O–H groups in total. The molecule has 0 spiro atoms. The quantitative estimate of drug-likeness (QED) is 0.0123. The average Bonchev–Trinajstić information content (AvgIpc) is 1.55. The Hall–Kier alpha value is -6.16. The fraction of sp³-hybridized carbons (Fsp3) is 0.455. The van der Waals surface area contributed by atoms with Crippen LogP contribution in [-0.2, 0) is 126 Å². The number of aliphatic hydroxyl groups is 8. The molecule has 720 valence electrons. The second-order valence-electron chi connectivity index (χ2n) is 23.0. The number of phosphoric acid groups is 12. The van der Waals surface area contributed by atoms with Crippen LogP contribution in [-0.4, -0.2) is 256 Å². The molecule has 4 aromatic rings. The first-order valence-electron chi connectivity index (χ1n) is 33.3. The summed E-state index contributed by atoms with van der Waals surface area (Å²) in [7, 11) is -71.5. The highest BCUT2D eigenvalue weighted by atomic mass is 31.3. The lowest BCUT2D eigenvalue weighted by Crippen LogP contribution is -2.43. The van der Waals surface area contributed by atoms with Crippen molar-refractivity contribution < 1.29 is 271 Å². The number of hydrogen-bond acceptors (Lipinski definition) is 44. The van der Waals surface area contributed by atoms with Gasteiger partial charge in [-0.25, -0.2) is 91.5 Å². The largest absolute Gasteiger partial charge is 0.490 e. The summed E-state index contributed by atoms with van der Waals surface area (Å²) in [6, 6.07) is 0. The highest BCUT2D eigenvalue weighted by molar-refractivity contribution is 7.68. The smallest absolute Gasteiger partial charge is 0.385 e. The van der Waals surface area contributed by atoms with E-state index in [9.17, 15) is 158 Å². The third-order valence-corrected chi connectivity index (χ3v) is 28.6. The first-order chi connectivity index (χ1) is 59.8. The second kappa shape index (κ2) is 41.0. The average molecular weight is 2110 g/mol. The molecule has 0 aromatic carbocycles. The molecule has 8 rings (SSSR count). The van der Waals surface area contributed by atoms with Crippen molar-refractivity contribution in [2.45, 2.75) is 97.1 Å². The van der Waals surface area contributed by atoms with Gasteiger partial charge in [-0.1, -0.05) is 23.7 Å². The number of H-pyrrole nitrogens is 4. The van der Waals surface area contributed by atoms with E-state index in [1.807, 2.05) is 17.8 Å². The van der Waals surface area contributed by atoms with E-state index >= 15 is 13.2 Å². The summed E-state index contributed by atoms with van der Waals surface area (Å²) in [5.74, 6) is -8.90. The lowest BCUT2D eigenvalue weighted by molar-refractivity contribution is -0.205. The van der Waals surface area contributed by atoms with Crippen molar-refractivity contribution in [2.24, 2.45) is 0 Å². The number of aromatic amines is 4. The third kappa shape index (κ3) is 31.0. The molecule has 4 aliphatic rings. The summed E-state index contributed by atoms with van der Waals surface area (Å²) in [4.78, 5) is 242. The molecular weight excluding hydrogens is 2050 g/mol. The maximum absolute atomic E-state index is 15.5. The number of nitrogens with one attached hydrogen (secondary N) is 4. The van der Waals surface area contributed by atoms with Crippen molar-refractivity contribution in [2.75, 3.05) is 26.3 Å². The number of phosphoric ester groups is 4. The number of halogens is 4. The minimum Gasteiger partial charge on any atom is -0.385 e. The number of terminal acetylenes is 4. The van der Waals surface area contributed by atoms with Gasteiger partial charge in [0.25, 0.3) is 45.7 Å². The van der Waals surface area contributed by atoms with E-state index in [-0.39, 0.29) is 13.7 Å². The van der Waals surface area contributed by atoms with Crippen LogP contribution in [0.2, 0.25) is 0 Å². The van der Waals surface area contributed by atoms with Gasteiger partial charge in [-0.3, -0.25) is 75.5 Å². The van der Waals surface area contributed by atoms with E-state index in [2.05, 4.69) is 66.8 Å². The SMILES string of the molecule is C#Cc1cn([C@@H]2O[C@](F)(COP(=O)(O)OP(=O)(O)OP(=O)(O)O)[C@@H](O)[C@H]2O)c(=O)[nH]c1=O.[2H]C([2H])(OP(=O)(O)OP(=O)(O)OP(=O)(O)O)[C@@]1(F)O[C@@H](n2cc(C#C)c(=O)[nH]c2=O)[C@H](O)[C@@H]1O.[2H]C([2H])(OP(=O)(O)OP(=O)(O)OP(=O)(O)O)[C@@]1(F)O[C@@]([2H])(n2cc(C#C)c(=O)[nH]c2=O)[C@H](O)[C@@H]1O.[2H][C@@]1(n2cc(C#C)c(=O)[nH]c2=O)O[C@](F)(COP(=O)(O)OP(=O)(O)OP(=O)(O)O)[C@@H](O)[C@H]1O. The van der Waals surface area contributed by atoms with E-state index in [0.29, 0.717) is 29.4 Å². The second-order valence-corrected chi connectivity index (χ2v) is 40.6. The first-order valence-corrected chi connectivity index (χ1v) is 48.4. The van der Waals surface area contributed by atoms with Gasteiger partial charge in [0.05, 0.1) is 8.22 Å². The lowest BCUT2D eigenvalue weighted by atomic mass is 10.1. The highest BCUT2D eigenvalue weighted by Gasteiger charge is 2.62. The summed E-state index contributed by atoms with van der Waals surface area (Å²) in [6.45, 7) is -12.6. The van der Waals surface area contributed by atoms with Crippen molar-refractivity contribution in [3.05, 3.63) is 130 Å². The van der Waals surface area contributed by atoms with Gasteiger partial charge in [-0.15, -0.1) is 25.7 Å². The summed E-state index contributed by atoms with van der Waals surface area (Å²) in [5, 5.41) is 80.2. The number of hydrogen-bond donors (Lipinski definition) is 28. The Bertz CT molecular complexity index is 6550. The molecule has 0 aliphatic carbocycles.